The zero-order chi connectivity index (χ0) is 9.38. The Morgan fingerprint density at radius 2 is 2.14 bits per heavy atom. The Balaban J connectivity index is 2.11. The van der Waals surface area contributed by atoms with Crippen LogP contribution in [-0.2, 0) is 0 Å². The van der Waals surface area contributed by atoms with Crippen molar-refractivity contribution >= 4 is 0 Å². The molecule has 0 nitrogen and oxygen atoms in total. The third kappa shape index (κ3) is 1.14. The predicted octanol–water partition coefficient (Wildman–Crippen LogP) is 3.71. The third-order valence-electron chi connectivity index (χ3n) is 3.28. The summed E-state index contributed by atoms with van der Waals surface area (Å²) in [5.41, 5.74) is 4.63. The molecular weight excluding hydrogens is 168 g/mol. The third-order valence-corrected chi connectivity index (χ3v) is 3.28. The molecule has 0 saturated heterocycles. The number of hydrogen-bond donors (Lipinski definition) is 0. The van der Waals surface area contributed by atoms with E-state index >= 15 is 0 Å². The first-order chi connectivity index (χ1) is 6.95. The van der Waals surface area contributed by atoms with Gasteiger partial charge < -0.3 is 0 Å². The van der Waals surface area contributed by atoms with Crippen LogP contribution in [0.3, 0.4) is 0 Å². The molecule has 0 saturated carbocycles. The zero-order valence-corrected chi connectivity index (χ0v) is 8.24. The summed E-state index contributed by atoms with van der Waals surface area (Å²) in [6.45, 7) is 0. The first-order valence-corrected chi connectivity index (χ1v) is 5.40. The van der Waals surface area contributed by atoms with Crippen LogP contribution in [0.15, 0.2) is 59.3 Å². The van der Waals surface area contributed by atoms with Crippen LogP contribution in [0.25, 0.3) is 0 Å². The van der Waals surface area contributed by atoms with Crippen molar-refractivity contribution in [2.24, 2.45) is 5.92 Å². The van der Waals surface area contributed by atoms with Crippen molar-refractivity contribution in [3.8, 4) is 0 Å². The van der Waals surface area contributed by atoms with Crippen molar-refractivity contribution < 1.29 is 0 Å². The summed E-state index contributed by atoms with van der Waals surface area (Å²) in [7, 11) is 0. The van der Waals surface area contributed by atoms with Gasteiger partial charge >= 0.3 is 0 Å². The standard InChI is InChI=1S/C14H14/c1-3-7-13-11(5-1)9-10-12-6-2-4-8-14(12)13/h1-3,5-7,10-11H,4,8-9H2. The number of fused-ring (bicyclic) bond motifs is 2. The van der Waals surface area contributed by atoms with Gasteiger partial charge in [-0.2, -0.15) is 0 Å². The molecule has 0 bridgehead atoms. The molecule has 0 radical (unpaired) electrons. The smallest absolute Gasteiger partial charge is 0.00588 e. The van der Waals surface area contributed by atoms with Gasteiger partial charge in [-0.05, 0) is 36.0 Å². The lowest BCUT2D eigenvalue weighted by molar-refractivity contribution is 0.742. The molecule has 0 N–H and O–H groups in total. The molecule has 0 fully saturated rings. The molecule has 0 aromatic carbocycles. The average molecular weight is 182 g/mol. The normalized spacial score (nSPS) is 28.6. The Labute approximate surface area is 85.0 Å². The van der Waals surface area contributed by atoms with Gasteiger partial charge in [-0.25, -0.2) is 0 Å². The van der Waals surface area contributed by atoms with Crippen molar-refractivity contribution in [3.63, 3.8) is 0 Å². The van der Waals surface area contributed by atoms with Crippen LogP contribution in [0.2, 0.25) is 0 Å². The summed E-state index contributed by atoms with van der Waals surface area (Å²) in [5.74, 6) is 0.658. The van der Waals surface area contributed by atoms with Gasteiger partial charge in [-0.15, -0.1) is 0 Å². The van der Waals surface area contributed by atoms with Crippen LogP contribution in [0, 0.1) is 5.92 Å². The Morgan fingerprint density at radius 3 is 3.14 bits per heavy atom. The van der Waals surface area contributed by atoms with Crippen LogP contribution in [0.5, 0.6) is 0 Å². The fraction of sp³-hybridized carbons (Fsp3) is 0.286. The lowest BCUT2D eigenvalue weighted by Crippen LogP contribution is -2.11. The summed E-state index contributed by atoms with van der Waals surface area (Å²) in [4.78, 5) is 0. The van der Waals surface area contributed by atoms with Crippen LogP contribution in [0.1, 0.15) is 19.3 Å². The van der Waals surface area contributed by atoms with Gasteiger partial charge in [0.1, 0.15) is 0 Å². The highest BCUT2D eigenvalue weighted by molar-refractivity contribution is 5.53. The summed E-state index contributed by atoms with van der Waals surface area (Å²) in [6, 6.07) is 0. The van der Waals surface area contributed by atoms with E-state index in [1.165, 1.54) is 24.8 Å². The SMILES string of the molecule is C1=CC2=C3CCC=CC3=CCC2C=C1. The molecule has 0 aliphatic heterocycles. The highest BCUT2D eigenvalue weighted by Gasteiger charge is 2.21. The number of allylic oxidation sites excluding steroid dienone is 10. The monoisotopic (exact) mass is 182 g/mol. The fourth-order valence-electron chi connectivity index (χ4n) is 2.55. The van der Waals surface area contributed by atoms with Gasteiger partial charge in [0, 0.05) is 5.92 Å². The summed E-state index contributed by atoms with van der Waals surface area (Å²) < 4.78 is 0. The lowest BCUT2D eigenvalue weighted by atomic mass is 9.77. The summed E-state index contributed by atoms with van der Waals surface area (Å²) in [6.07, 6.45) is 19.5. The van der Waals surface area contributed by atoms with E-state index in [9.17, 15) is 0 Å². The second-order valence-electron chi connectivity index (χ2n) is 4.12. The molecule has 1 unspecified atom stereocenters. The van der Waals surface area contributed by atoms with E-state index in [0.717, 1.165) is 0 Å². The van der Waals surface area contributed by atoms with Crippen LogP contribution in [0.4, 0.5) is 0 Å². The van der Waals surface area contributed by atoms with Crippen molar-refractivity contribution in [1.82, 2.24) is 0 Å². The maximum atomic E-state index is 2.39. The van der Waals surface area contributed by atoms with Crippen molar-refractivity contribution in [2.75, 3.05) is 0 Å². The van der Waals surface area contributed by atoms with E-state index < -0.39 is 0 Å². The molecule has 0 amide bonds. The minimum absolute atomic E-state index is 0.658. The van der Waals surface area contributed by atoms with E-state index in [2.05, 4.69) is 42.5 Å². The van der Waals surface area contributed by atoms with Gasteiger partial charge in [-0.3, -0.25) is 0 Å². The highest BCUT2D eigenvalue weighted by Crippen LogP contribution is 2.38. The molecule has 3 aliphatic carbocycles. The van der Waals surface area contributed by atoms with E-state index in [1.807, 2.05) is 0 Å². The van der Waals surface area contributed by atoms with E-state index in [-0.39, 0.29) is 0 Å². The Kier molecular flexibility index (Phi) is 1.80. The number of rotatable bonds is 0. The second kappa shape index (κ2) is 3.13. The Hall–Kier alpha value is -1.30. The molecule has 0 aromatic rings. The van der Waals surface area contributed by atoms with Gasteiger partial charge in [-0.1, -0.05) is 42.5 Å². The molecule has 1 atom stereocenters. The van der Waals surface area contributed by atoms with Crippen LogP contribution < -0.4 is 0 Å². The largest absolute Gasteiger partial charge is 0.0836 e. The molecule has 0 heterocycles. The van der Waals surface area contributed by atoms with E-state index in [1.54, 1.807) is 11.1 Å². The van der Waals surface area contributed by atoms with E-state index in [4.69, 9.17) is 0 Å². The minimum Gasteiger partial charge on any atom is -0.0836 e. The molecule has 0 heteroatoms. The van der Waals surface area contributed by atoms with E-state index in [0.29, 0.717) is 5.92 Å². The molecule has 70 valence electrons. The highest BCUT2D eigenvalue weighted by atomic mass is 14.3. The van der Waals surface area contributed by atoms with Crippen molar-refractivity contribution in [1.29, 1.82) is 0 Å². The first-order valence-electron chi connectivity index (χ1n) is 5.40. The quantitative estimate of drug-likeness (QED) is 0.535. The van der Waals surface area contributed by atoms with Crippen LogP contribution >= 0.6 is 0 Å². The van der Waals surface area contributed by atoms with Crippen molar-refractivity contribution in [3.05, 3.63) is 59.3 Å². The topological polar surface area (TPSA) is 0 Å². The maximum absolute atomic E-state index is 2.39. The van der Waals surface area contributed by atoms with Gasteiger partial charge in [0.15, 0.2) is 0 Å². The minimum atomic E-state index is 0.658. The van der Waals surface area contributed by atoms with Crippen molar-refractivity contribution in [2.45, 2.75) is 19.3 Å². The second-order valence-corrected chi connectivity index (χ2v) is 4.12. The van der Waals surface area contributed by atoms with Gasteiger partial charge in [0.25, 0.3) is 0 Å². The van der Waals surface area contributed by atoms with Crippen LogP contribution in [-0.4, -0.2) is 0 Å². The summed E-state index contributed by atoms with van der Waals surface area (Å²) in [5, 5.41) is 0. The molecule has 14 heavy (non-hydrogen) atoms. The average Bonchev–Trinajstić information content (AvgIpc) is 2.29. The maximum Gasteiger partial charge on any atom is 0.00588 e. The molecule has 0 spiro atoms. The Bertz CT molecular complexity index is 400. The molecule has 0 aromatic heterocycles. The molecule has 3 rings (SSSR count). The van der Waals surface area contributed by atoms with Gasteiger partial charge in [0.2, 0.25) is 0 Å². The Morgan fingerprint density at radius 1 is 1.14 bits per heavy atom. The fourth-order valence-corrected chi connectivity index (χ4v) is 2.55. The molecular formula is C14H14. The number of hydrogen-bond acceptors (Lipinski definition) is 0. The predicted molar refractivity (Wildman–Crippen MR) is 59.9 cm³/mol. The zero-order valence-electron chi connectivity index (χ0n) is 8.24. The molecule has 3 aliphatic rings. The first kappa shape index (κ1) is 8.05. The van der Waals surface area contributed by atoms with Gasteiger partial charge in [0.05, 0.1) is 0 Å². The summed E-state index contributed by atoms with van der Waals surface area (Å²) >= 11 is 0. The lowest BCUT2D eigenvalue weighted by Gasteiger charge is -2.27.